The Hall–Kier alpha value is -1.63. The summed E-state index contributed by atoms with van der Waals surface area (Å²) in [4.78, 5) is 5.36. The number of hydrogen-bond acceptors (Lipinski definition) is 12. The van der Waals surface area contributed by atoms with Gasteiger partial charge in [0.25, 0.3) is 0 Å². The highest BCUT2D eigenvalue weighted by Gasteiger charge is 2.27. The average molecular weight is 507 g/mol. The first-order valence-electron chi connectivity index (χ1n) is 8.80. The zero-order chi connectivity index (χ0) is 21.7. The monoisotopic (exact) mass is 506 g/mol. The van der Waals surface area contributed by atoms with E-state index in [-0.39, 0.29) is 25.4 Å². The highest BCUT2D eigenvalue weighted by Crippen LogP contribution is 2.39. The summed E-state index contributed by atoms with van der Waals surface area (Å²) in [5.74, 6) is 10.7. The van der Waals surface area contributed by atoms with Crippen molar-refractivity contribution in [2.45, 2.75) is 17.4 Å². The Bertz CT molecular complexity index is 935. The van der Waals surface area contributed by atoms with E-state index in [1.165, 1.54) is 11.3 Å². The van der Waals surface area contributed by atoms with Crippen molar-refractivity contribution < 1.29 is 8.49 Å². The van der Waals surface area contributed by atoms with Crippen molar-refractivity contribution >= 4 is 64.7 Å². The second kappa shape index (κ2) is 11.8. The van der Waals surface area contributed by atoms with Crippen molar-refractivity contribution in [1.82, 2.24) is 20.6 Å². The van der Waals surface area contributed by atoms with Crippen molar-refractivity contribution in [3.63, 3.8) is 0 Å². The van der Waals surface area contributed by atoms with Crippen molar-refractivity contribution in [1.29, 1.82) is 0 Å². The van der Waals surface area contributed by atoms with Crippen LogP contribution in [0.15, 0.2) is 28.3 Å². The second-order valence-corrected chi connectivity index (χ2v) is 9.43. The lowest BCUT2D eigenvalue weighted by atomic mass is 10.0. The topological polar surface area (TPSA) is 195 Å². The molecule has 1 aliphatic heterocycles. The van der Waals surface area contributed by atoms with Crippen LogP contribution in [0.3, 0.4) is 0 Å². The van der Waals surface area contributed by atoms with E-state index in [1.807, 2.05) is 0 Å². The standard InChI is InChI=1S/C15H24N10O2S3.H2S/c1-25(29-27-19)13-11(30(26)23-8-4-5-20-6-8)3-2-9(10-7-21-15(17)28-10)12(13)14(16)22-24-18;/h2-3,7-8,20,23-24H,4-6,18-19H2,1H3,(H2,16,22)(H2,17,21);1H2/t8-,30?;/m1./s1. The van der Waals surface area contributed by atoms with Crippen LogP contribution in [-0.2, 0) is 15.3 Å². The van der Waals surface area contributed by atoms with E-state index in [0.29, 0.717) is 26.8 Å². The SMILES string of the molecule is CN(SON)c1c(S(=O)N[C@@H]2CCNC2)ccc(-c2cnc(N)s2)c1/C(N)=N/NN.S. The van der Waals surface area contributed by atoms with Gasteiger partial charge in [-0.05, 0) is 19.0 Å². The minimum Gasteiger partial charge on any atom is -0.382 e. The number of nitrogens with one attached hydrogen (secondary N) is 3. The Balaban J connectivity index is 0.00000341. The zero-order valence-corrected chi connectivity index (χ0v) is 20.1. The van der Waals surface area contributed by atoms with Crippen molar-refractivity contribution in [2.75, 3.05) is 30.2 Å². The molecule has 1 aromatic carbocycles. The van der Waals surface area contributed by atoms with Gasteiger partial charge in [0.05, 0.1) is 21.0 Å². The average Bonchev–Trinajstić information content (AvgIpc) is 3.38. The Labute approximate surface area is 197 Å². The molecular weight excluding hydrogens is 481 g/mol. The summed E-state index contributed by atoms with van der Waals surface area (Å²) < 4.78 is 22.7. The molecule has 0 radical (unpaired) electrons. The zero-order valence-electron chi connectivity index (χ0n) is 16.6. The summed E-state index contributed by atoms with van der Waals surface area (Å²) in [5, 5.41) is 7.58. The molecule has 0 saturated carbocycles. The molecule has 12 nitrogen and oxygen atoms in total. The Morgan fingerprint density at radius 1 is 1.52 bits per heavy atom. The molecule has 1 fully saturated rings. The first-order valence-corrected chi connectivity index (χ1v) is 11.5. The molecule has 31 heavy (non-hydrogen) atoms. The number of rotatable bonds is 9. The highest BCUT2D eigenvalue weighted by molar-refractivity contribution is 7.96. The first kappa shape index (κ1) is 25.6. The Morgan fingerprint density at radius 2 is 2.29 bits per heavy atom. The number of thiazole rings is 1. The lowest BCUT2D eigenvalue weighted by Crippen LogP contribution is -2.33. The molecule has 0 aliphatic carbocycles. The minimum atomic E-state index is -1.54. The number of benzene rings is 1. The summed E-state index contributed by atoms with van der Waals surface area (Å²) in [5.41, 5.74) is 15.9. The number of nitrogen functional groups attached to an aromatic ring is 1. The fourth-order valence-electron chi connectivity index (χ4n) is 3.11. The van der Waals surface area contributed by atoms with Gasteiger partial charge in [-0.25, -0.2) is 35.5 Å². The van der Waals surface area contributed by atoms with E-state index >= 15 is 0 Å². The van der Waals surface area contributed by atoms with Crippen LogP contribution in [0.4, 0.5) is 10.8 Å². The molecule has 1 unspecified atom stereocenters. The van der Waals surface area contributed by atoms with Gasteiger partial charge < -0.3 is 16.8 Å². The number of hydrazone groups is 1. The van der Waals surface area contributed by atoms with Crippen LogP contribution in [-0.4, -0.2) is 41.2 Å². The van der Waals surface area contributed by atoms with E-state index in [4.69, 9.17) is 27.5 Å². The third-order valence-electron chi connectivity index (χ3n) is 4.37. The van der Waals surface area contributed by atoms with Gasteiger partial charge in [0.1, 0.15) is 23.2 Å². The summed E-state index contributed by atoms with van der Waals surface area (Å²) >= 11 is 2.14. The molecule has 2 atom stereocenters. The van der Waals surface area contributed by atoms with Crippen LogP contribution < -0.4 is 43.1 Å². The molecule has 1 aromatic heterocycles. The summed E-state index contributed by atoms with van der Waals surface area (Å²) in [6.45, 7) is 1.61. The Morgan fingerprint density at radius 3 is 2.87 bits per heavy atom. The molecule has 172 valence electrons. The lowest BCUT2D eigenvalue weighted by Gasteiger charge is -2.24. The van der Waals surface area contributed by atoms with Gasteiger partial charge in [0.2, 0.25) is 0 Å². The molecule has 11 N–H and O–H groups in total. The molecule has 3 rings (SSSR count). The van der Waals surface area contributed by atoms with E-state index in [2.05, 4.69) is 25.7 Å². The van der Waals surface area contributed by atoms with Gasteiger partial charge in [-0.3, -0.25) is 4.31 Å². The largest absolute Gasteiger partial charge is 0.382 e. The summed E-state index contributed by atoms with van der Waals surface area (Å²) in [6.07, 6.45) is 2.51. The second-order valence-electron chi connectivity index (χ2n) is 6.27. The summed E-state index contributed by atoms with van der Waals surface area (Å²) in [7, 11) is 0.171. The predicted octanol–water partition coefficient (Wildman–Crippen LogP) is -0.547. The minimum absolute atomic E-state index is 0. The van der Waals surface area contributed by atoms with Gasteiger partial charge in [0.15, 0.2) is 11.0 Å². The lowest BCUT2D eigenvalue weighted by molar-refractivity contribution is 0.397. The molecule has 1 saturated heterocycles. The van der Waals surface area contributed by atoms with Crippen LogP contribution in [0.25, 0.3) is 10.4 Å². The summed E-state index contributed by atoms with van der Waals surface area (Å²) in [6, 6.07) is 3.64. The van der Waals surface area contributed by atoms with Gasteiger partial charge in [-0.15, -0.1) is 5.10 Å². The van der Waals surface area contributed by atoms with E-state index in [0.717, 1.165) is 36.6 Å². The van der Waals surface area contributed by atoms with E-state index in [1.54, 1.807) is 29.7 Å². The number of nitrogens with zero attached hydrogens (tertiary/aromatic N) is 3. The van der Waals surface area contributed by atoms with Gasteiger partial charge >= 0.3 is 0 Å². The third kappa shape index (κ3) is 5.99. The molecule has 2 aromatic rings. The number of hydrazine groups is 1. The van der Waals surface area contributed by atoms with Crippen LogP contribution in [0.2, 0.25) is 0 Å². The van der Waals surface area contributed by atoms with Gasteiger partial charge in [0, 0.05) is 31.4 Å². The number of amidine groups is 1. The number of hydrogen-bond donors (Lipinski definition) is 7. The maximum atomic E-state index is 13.2. The van der Waals surface area contributed by atoms with Crippen LogP contribution in [0.5, 0.6) is 0 Å². The number of aromatic nitrogens is 1. The smallest absolute Gasteiger partial charge is 0.180 e. The molecule has 1 aliphatic rings. The first-order chi connectivity index (χ1) is 14.5. The van der Waals surface area contributed by atoms with Gasteiger partial charge in [-0.2, -0.15) is 13.5 Å². The molecule has 0 bridgehead atoms. The predicted molar refractivity (Wildman–Crippen MR) is 132 cm³/mol. The van der Waals surface area contributed by atoms with Crippen LogP contribution in [0.1, 0.15) is 12.0 Å². The number of anilines is 2. The highest BCUT2D eigenvalue weighted by atomic mass is 32.2. The van der Waals surface area contributed by atoms with Crippen molar-refractivity contribution in [3.8, 4) is 10.4 Å². The molecule has 0 amide bonds. The quantitative estimate of drug-likeness (QED) is 0.0576. The van der Waals surface area contributed by atoms with Crippen LogP contribution in [0, 0.1) is 0 Å². The van der Waals surface area contributed by atoms with E-state index < -0.39 is 11.0 Å². The maximum absolute atomic E-state index is 13.2. The third-order valence-corrected chi connectivity index (χ3v) is 7.00. The maximum Gasteiger partial charge on any atom is 0.180 e. The fourth-order valence-corrected chi connectivity index (χ4v) is 5.51. The molecular formula is C15H26N10O2S4. The van der Waals surface area contributed by atoms with Crippen molar-refractivity contribution in [2.24, 2.45) is 22.6 Å². The van der Waals surface area contributed by atoms with Crippen LogP contribution >= 0.6 is 37.1 Å². The fraction of sp³-hybridized carbons (Fsp3) is 0.333. The van der Waals surface area contributed by atoms with Crippen molar-refractivity contribution in [3.05, 3.63) is 23.9 Å². The Kier molecular flexibility index (Phi) is 9.79. The van der Waals surface area contributed by atoms with E-state index in [9.17, 15) is 4.21 Å². The molecule has 16 heteroatoms. The number of nitrogens with two attached hydrogens (primary N) is 4. The normalized spacial score (nSPS) is 17.3. The van der Waals surface area contributed by atoms with Gasteiger partial charge in [-0.1, -0.05) is 17.4 Å². The molecule has 2 heterocycles. The molecule has 0 spiro atoms.